The first kappa shape index (κ1) is 24.0. The van der Waals surface area contributed by atoms with Crippen molar-refractivity contribution in [3.8, 4) is 0 Å². The van der Waals surface area contributed by atoms with Gasteiger partial charge in [-0.1, -0.05) is 6.92 Å². The number of carbonyl (C=O) groups is 2. The van der Waals surface area contributed by atoms with E-state index in [1.807, 2.05) is 13.0 Å². The smallest absolute Gasteiger partial charge is 0.257 e. The SMILES string of the molecule is CCC1\C=C/N=C\C(C)=C(/C(=O)Nc2cc(NC(=O)CN3CC4COCC4C3)ccc2F)C=N1. The molecule has 2 N–H and O–H groups in total. The third-order valence-electron chi connectivity index (χ3n) is 6.33. The highest BCUT2D eigenvalue weighted by atomic mass is 19.1. The zero-order valence-electron chi connectivity index (χ0n) is 19.5. The summed E-state index contributed by atoms with van der Waals surface area (Å²) in [5.41, 5.74) is 1.29. The summed E-state index contributed by atoms with van der Waals surface area (Å²) in [5, 5.41) is 5.41. The molecule has 1 aromatic carbocycles. The van der Waals surface area contributed by atoms with Gasteiger partial charge in [-0.3, -0.25) is 24.5 Å². The van der Waals surface area contributed by atoms with Gasteiger partial charge in [-0.15, -0.1) is 0 Å². The normalized spacial score (nSPS) is 28.5. The lowest BCUT2D eigenvalue weighted by Gasteiger charge is -2.17. The van der Waals surface area contributed by atoms with E-state index >= 15 is 0 Å². The van der Waals surface area contributed by atoms with Crippen LogP contribution in [0.5, 0.6) is 0 Å². The van der Waals surface area contributed by atoms with Crippen LogP contribution in [-0.4, -0.2) is 68.0 Å². The van der Waals surface area contributed by atoms with Gasteiger partial charge in [0.25, 0.3) is 5.91 Å². The lowest BCUT2D eigenvalue weighted by molar-refractivity contribution is -0.117. The van der Waals surface area contributed by atoms with E-state index < -0.39 is 11.7 Å². The number of rotatable bonds is 6. The highest BCUT2D eigenvalue weighted by Gasteiger charge is 2.37. The van der Waals surface area contributed by atoms with Crippen molar-refractivity contribution in [1.82, 2.24) is 4.90 Å². The second kappa shape index (κ2) is 10.8. The molecular formula is C25H30FN5O3. The molecule has 0 bridgehead atoms. The molecule has 2 fully saturated rings. The Balaban J connectivity index is 1.41. The summed E-state index contributed by atoms with van der Waals surface area (Å²) in [6.07, 6.45) is 7.35. The predicted molar refractivity (Wildman–Crippen MR) is 131 cm³/mol. The molecule has 0 aromatic heterocycles. The molecule has 8 nitrogen and oxygen atoms in total. The second-order valence-corrected chi connectivity index (χ2v) is 8.92. The molecule has 3 heterocycles. The molecule has 1 aromatic rings. The first-order valence-corrected chi connectivity index (χ1v) is 11.6. The van der Waals surface area contributed by atoms with E-state index in [1.54, 1.807) is 19.3 Å². The molecule has 0 saturated carbocycles. The van der Waals surface area contributed by atoms with Crippen molar-refractivity contribution < 1.29 is 18.7 Å². The van der Waals surface area contributed by atoms with Crippen LogP contribution in [-0.2, 0) is 14.3 Å². The summed E-state index contributed by atoms with van der Waals surface area (Å²) in [6, 6.07) is 4.03. The number of nitrogens with one attached hydrogen (secondary N) is 2. The van der Waals surface area contributed by atoms with Gasteiger partial charge >= 0.3 is 0 Å². The number of carbonyl (C=O) groups excluding carboxylic acids is 2. The Labute approximate surface area is 198 Å². The Hall–Kier alpha value is -3.17. The topological polar surface area (TPSA) is 95.4 Å². The van der Waals surface area contributed by atoms with Gasteiger partial charge in [0, 0.05) is 49.2 Å². The molecule has 3 aliphatic rings. The molecule has 3 unspecified atom stereocenters. The van der Waals surface area contributed by atoms with Gasteiger partial charge in [0.1, 0.15) is 5.82 Å². The van der Waals surface area contributed by atoms with E-state index in [-0.39, 0.29) is 24.2 Å². The van der Waals surface area contributed by atoms with Gasteiger partial charge in [-0.2, -0.15) is 0 Å². The standard InChI is InChI=1S/C25H30FN5O3/c1-3-19-6-7-27-9-16(2)21(10-28-19)25(33)30-23-8-20(4-5-22(23)26)29-24(32)13-31-11-17-14-34-15-18(17)12-31/h4-10,17-19H,3,11-15H2,1-2H3,(H,29,32)(H,30,33)/b7-6-,21-16-,27-9-,28-10?. The van der Waals surface area contributed by atoms with Gasteiger partial charge < -0.3 is 15.4 Å². The molecule has 4 rings (SSSR count). The zero-order valence-corrected chi connectivity index (χ0v) is 19.5. The third-order valence-corrected chi connectivity index (χ3v) is 6.33. The number of aliphatic imine (C=N–C) groups is 2. The number of fused-ring (bicyclic) bond motifs is 1. The van der Waals surface area contributed by atoms with Crippen molar-refractivity contribution in [2.24, 2.45) is 21.8 Å². The third kappa shape index (κ3) is 5.84. The largest absolute Gasteiger partial charge is 0.381 e. The maximum absolute atomic E-state index is 14.5. The number of ether oxygens (including phenoxy) is 1. The Kier molecular flexibility index (Phi) is 7.64. The maximum atomic E-state index is 14.5. The number of halogens is 1. The van der Waals surface area contributed by atoms with E-state index in [0.29, 0.717) is 28.7 Å². The molecule has 3 atom stereocenters. The molecular weight excluding hydrogens is 437 g/mol. The average molecular weight is 468 g/mol. The lowest BCUT2D eigenvalue weighted by Crippen LogP contribution is -2.32. The van der Waals surface area contributed by atoms with Crippen LogP contribution in [0.25, 0.3) is 0 Å². The molecule has 9 heteroatoms. The van der Waals surface area contributed by atoms with E-state index in [1.165, 1.54) is 24.4 Å². The fraction of sp³-hybridized carbons (Fsp3) is 0.440. The highest BCUT2D eigenvalue weighted by molar-refractivity contribution is 6.21. The van der Waals surface area contributed by atoms with Crippen molar-refractivity contribution in [2.75, 3.05) is 43.5 Å². The van der Waals surface area contributed by atoms with E-state index in [4.69, 9.17) is 4.74 Å². The number of allylic oxidation sites excluding steroid dienone is 1. The van der Waals surface area contributed by atoms with Crippen LogP contribution in [0.1, 0.15) is 20.3 Å². The van der Waals surface area contributed by atoms with Crippen LogP contribution in [0.15, 0.2) is 51.6 Å². The lowest BCUT2D eigenvalue weighted by atomic mass is 10.0. The van der Waals surface area contributed by atoms with Crippen LogP contribution in [0, 0.1) is 17.7 Å². The summed E-state index contributed by atoms with van der Waals surface area (Å²) in [4.78, 5) is 36.2. The number of likely N-dealkylation sites (tertiary alicyclic amines) is 1. The summed E-state index contributed by atoms with van der Waals surface area (Å²) in [7, 11) is 0. The second-order valence-electron chi connectivity index (χ2n) is 8.92. The zero-order chi connectivity index (χ0) is 24.1. The van der Waals surface area contributed by atoms with Gasteiger partial charge in [-0.05, 0) is 43.2 Å². The fourth-order valence-electron chi connectivity index (χ4n) is 4.38. The summed E-state index contributed by atoms with van der Waals surface area (Å²) >= 11 is 0. The van der Waals surface area contributed by atoms with Gasteiger partial charge in [0.2, 0.25) is 5.91 Å². The Morgan fingerprint density at radius 2 is 1.94 bits per heavy atom. The van der Waals surface area contributed by atoms with E-state index in [9.17, 15) is 14.0 Å². The van der Waals surface area contributed by atoms with Crippen LogP contribution >= 0.6 is 0 Å². The first-order valence-electron chi connectivity index (χ1n) is 11.6. The Bertz CT molecular complexity index is 1050. The van der Waals surface area contributed by atoms with Gasteiger partial charge in [0.15, 0.2) is 0 Å². The van der Waals surface area contributed by atoms with Gasteiger partial charge in [-0.25, -0.2) is 4.39 Å². The number of hydrogen-bond acceptors (Lipinski definition) is 6. The molecule has 2 saturated heterocycles. The number of hydrogen-bond donors (Lipinski definition) is 2. The molecule has 34 heavy (non-hydrogen) atoms. The number of nitrogens with zero attached hydrogens (tertiary/aromatic N) is 3. The first-order chi connectivity index (χ1) is 16.4. The van der Waals surface area contributed by atoms with Crippen LogP contribution in [0.3, 0.4) is 0 Å². The minimum Gasteiger partial charge on any atom is -0.381 e. The molecule has 3 aliphatic heterocycles. The molecule has 180 valence electrons. The summed E-state index contributed by atoms with van der Waals surface area (Å²) in [6.45, 7) is 7.20. The van der Waals surface area contributed by atoms with E-state index in [2.05, 4.69) is 25.5 Å². The van der Waals surface area contributed by atoms with E-state index in [0.717, 1.165) is 32.7 Å². The summed E-state index contributed by atoms with van der Waals surface area (Å²) in [5.74, 6) is -0.294. The average Bonchev–Trinajstić information content (AvgIpc) is 3.40. The maximum Gasteiger partial charge on any atom is 0.257 e. The van der Waals surface area contributed by atoms with Crippen LogP contribution < -0.4 is 10.6 Å². The molecule has 0 spiro atoms. The molecule has 0 aliphatic carbocycles. The minimum atomic E-state index is -0.598. The highest BCUT2D eigenvalue weighted by Crippen LogP contribution is 2.29. The Morgan fingerprint density at radius 1 is 1.18 bits per heavy atom. The van der Waals surface area contributed by atoms with Crippen LogP contribution in [0.4, 0.5) is 15.8 Å². The number of benzene rings is 1. The number of amides is 2. The van der Waals surface area contributed by atoms with Crippen molar-refractivity contribution in [1.29, 1.82) is 0 Å². The van der Waals surface area contributed by atoms with Crippen molar-refractivity contribution in [3.05, 3.63) is 47.4 Å². The molecule has 2 amide bonds. The minimum absolute atomic E-state index is 0.0219. The van der Waals surface area contributed by atoms with Crippen molar-refractivity contribution in [3.63, 3.8) is 0 Å². The fourth-order valence-corrected chi connectivity index (χ4v) is 4.38. The number of anilines is 2. The predicted octanol–water partition coefficient (Wildman–Crippen LogP) is 3.04. The van der Waals surface area contributed by atoms with Gasteiger partial charge in [0.05, 0.1) is 37.1 Å². The van der Waals surface area contributed by atoms with Crippen molar-refractivity contribution in [2.45, 2.75) is 26.3 Å². The molecule has 0 radical (unpaired) electrons. The quantitative estimate of drug-likeness (QED) is 0.672. The Morgan fingerprint density at radius 3 is 2.68 bits per heavy atom. The van der Waals surface area contributed by atoms with Crippen molar-refractivity contribution >= 4 is 35.6 Å². The van der Waals surface area contributed by atoms with Crippen LogP contribution in [0.2, 0.25) is 0 Å². The monoisotopic (exact) mass is 467 g/mol. The summed E-state index contributed by atoms with van der Waals surface area (Å²) < 4.78 is 20.0.